The highest BCUT2D eigenvalue weighted by Crippen LogP contribution is 2.39. The number of rotatable bonds is 9. The first-order valence-corrected chi connectivity index (χ1v) is 18.4. The summed E-state index contributed by atoms with van der Waals surface area (Å²) in [4.78, 5) is 70.4. The first kappa shape index (κ1) is 39.0. The number of aromatic nitrogens is 4. The van der Waals surface area contributed by atoms with Gasteiger partial charge in [-0.3, -0.25) is 9.59 Å². The van der Waals surface area contributed by atoms with Crippen LogP contribution < -0.4 is 10.6 Å². The van der Waals surface area contributed by atoms with E-state index in [9.17, 15) is 19.2 Å². The molecule has 4 N–H and O–H groups in total. The molecule has 2 aliphatic rings. The molecule has 4 heterocycles. The summed E-state index contributed by atoms with van der Waals surface area (Å²) in [6.45, 7) is 10.5. The zero-order valence-electron chi connectivity index (χ0n) is 32.5. The maximum Gasteiger partial charge on any atom is 0.407 e. The van der Waals surface area contributed by atoms with E-state index >= 15 is 4.39 Å². The van der Waals surface area contributed by atoms with Crippen molar-refractivity contribution in [1.29, 1.82) is 0 Å². The van der Waals surface area contributed by atoms with Crippen LogP contribution in [0.2, 0.25) is 0 Å². The molecule has 0 unspecified atom stereocenters. The van der Waals surface area contributed by atoms with Crippen molar-refractivity contribution in [2.24, 2.45) is 0 Å². The van der Waals surface area contributed by atoms with Crippen LogP contribution in [0, 0.1) is 5.82 Å². The molecule has 0 spiro atoms. The maximum atomic E-state index is 15.7. The third-order valence-corrected chi connectivity index (χ3v) is 10.7. The number of amides is 4. The van der Waals surface area contributed by atoms with Gasteiger partial charge < -0.3 is 39.9 Å². The number of carbonyl (C=O) groups excluding carboxylic acids is 4. The molecule has 0 aliphatic carbocycles. The normalized spacial score (nSPS) is 20.0. The lowest BCUT2D eigenvalue weighted by Crippen LogP contribution is -2.57. The number of hydrogen-bond donors (Lipinski definition) is 4. The van der Waals surface area contributed by atoms with Gasteiger partial charge in [-0.05, 0) is 96.0 Å². The van der Waals surface area contributed by atoms with E-state index in [1.807, 2.05) is 44.2 Å². The summed E-state index contributed by atoms with van der Waals surface area (Å²) in [5, 5.41) is 5.24. The minimum absolute atomic E-state index is 0.0425. The van der Waals surface area contributed by atoms with Crippen LogP contribution in [0.3, 0.4) is 0 Å². The number of nitrogens with zero attached hydrogens (tertiary/aromatic N) is 4. The molecule has 292 valence electrons. The third kappa shape index (κ3) is 7.78. The van der Waals surface area contributed by atoms with Gasteiger partial charge in [0.2, 0.25) is 11.8 Å². The van der Waals surface area contributed by atoms with E-state index in [0.717, 1.165) is 36.1 Å². The quantitative estimate of drug-likeness (QED) is 0.147. The number of likely N-dealkylation sites (tertiary alicyclic amines) is 2. The monoisotopic (exact) mass is 756 g/mol. The van der Waals surface area contributed by atoms with E-state index in [2.05, 4.69) is 30.6 Å². The Morgan fingerprint density at radius 1 is 0.691 bits per heavy atom. The largest absolute Gasteiger partial charge is 0.453 e. The third-order valence-electron chi connectivity index (χ3n) is 10.7. The molecule has 2 aromatic heterocycles. The molecule has 55 heavy (non-hydrogen) atoms. The maximum absolute atomic E-state index is 15.7. The Labute approximate surface area is 319 Å². The molecular weight excluding hydrogens is 707 g/mol. The summed E-state index contributed by atoms with van der Waals surface area (Å²) in [5.41, 5.74) is 1.62. The number of halogens is 1. The Hall–Kier alpha value is -5.73. The van der Waals surface area contributed by atoms with Crippen molar-refractivity contribution < 1.29 is 33.0 Å². The zero-order chi connectivity index (χ0) is 39.8. The molecule has 15 heteroatoms. The summed E-state index contributed by atoms with van der Waals surface area (Å²) in [6, 6.07) is 11.9. The van der Waals surface area contributed by atoms with Gasteiger partial charge in [0, 0.05) is 17.6 Å². The van der Waals surface area contributed by atoms with Gasteiger partial charge in [0.15, 0.2) is 0 Å². The molecule has 14 nitrogen and oxygen atoms in total. The van der Waals surface area contributed by atoms with Crippen LogP contribution in [0.25, 0.3) is 33.6 Å². The van der Waals surface area contributed by atoms with Gasteiger partial charge in [0.25, 0.3) is 0 Å². The van der Waals surface area contributed by atoms with Crippen molar-refractivity contribution in [2.45, 2.75) is 102 Å². The van der Waals surface area contributed by atoms with E-state index in [-0.39, 0.29) is 36.0 Å². The molecular formula is C40H49FN8O6. The lowest BCUT2D eigenvalue weighted by atomic mass is 10.0. The van der Waals surface area contributed by atoms with Gasteiger partial charge >= 0.3 is 12.2 Å². The number of alkyl carbamates (subject to hydrolysis) is 2. The Bertz CT molecular complexity index is 2070. The van der Waals surface area contributed by atoms with Crippen molar-refractivity contribution in [3.05, 3.63) is 72.3 Å². The second-order valence-electron chi connectivity index (χ2n) is 15.4. The topological polar surface area (TPSA) is 175 Å². The standard InChI is InChI=1S/C40H49FN8O6/c1-22-9-17-31(48(22)35(50)39(3,4)46-37(52)54-7)33-42-20-29(44-33)25-13-11-24(12-14-25)26-15-16-27(28(41)19-26)30-21-43-34(45-30)32-18-10-23(2)49(32)36(51)40(5,6)47-38(53)55-8/h11-16,19-23,31-32H,9-10,17-18H2,1-8H3,(H,42,44)(H,43,45)(H,46,52)(H,47,53)/t22-,23-,31-,32-/m1/s1. The van der Waals surface area contributed by atoms with Crippen molar-refractivity contribution in [2.75, 3.05) is 14.2 Å². The summed E-state index contributed by atoms with van der Waals surface area (Å²) in [6.07, 6.45) is 4.87. The number of nitrogens with one attached hydrogen (secondary N) is 4. The predicted molar refractivity (Wildman–Crippen MR) is 203 cm³/mol. The molecule has 4 aromatic rings. The molecule has 2 aliphatic heterocycles. The second kappa shape index (κ2) is 15.2. The van der Waals surface area contributed by atoms with E-state index in [4.69, 9.17) is 9.47 Å². The highest BCUT2D eigenvalue weighted by atomic mass is 19.1. The van der Waals surface area contributed by atoms with Crippen LogP contribution in [0.5, 0.6) is 0 Å². The van der Waals surface area contributed by atoms with Crippen LogP contribution in [0.15, 0.2) is 54.9 Å². The van der Waals surface area contributed by atoms with Crippen molar-refractivity contribution >= 4 is 24.0 Å². The molecule has 6 rings (SSSR count). The number of hydrogen-bond acceptors (Lipinski definition) is 8. The summed E-state index contributed by atoms with van der Waals surface area (Å²) in [7, 11) is 2.51. The van der Waals surface area contributed by atoms with Gasteiger partial charge in [0.05, 0.1) is 50.1 Å². The van der Waals surface area contributed by atoms with Crippen LogP contribution in [-0.4, -0.2) is 91.1 Å². The van der Waals surface area contributed by atoms with Crippen LogP contribution in [0.1, 0.15) is 91.0 Å². The molecule has 0 bridgehead atoms. The van der Waals surface area contributed by atoms with Gasteiger partial charge in [-0.25, -0.2) is 23.9 Å². The highest BCUT2D eigenvalue weighted by Gasteiger charge is 2.45. The lowest BCUT2D eigenvalue weighted by Gasteiger charge is -2.35. The second-order valence-corrected chi connectivity index (χ2v) is 15.4. The van der Waals surface area contributed by atoms with Gasteiger partial charge in [-0.2, -0.15) is 0 Å². The van der Waals surface area contributed by atoms with E-state index < -0.39 is 29.1 Å². The molecule has 2 fully saturated rings. The average Bonchev–Trinajstić information content (AvgIpc) is 3.97. The molecule has 4 atom stereocenters. The Kier molecular flexibility index (Phi) is 10.8. The fraction of sp³-hybridized carbons (Fsp3) is 0.450. The van der Waals surface area contributed by atoms with Gasteiger partial charge in [-0.15, -0.1) is 0 Å². The smallest absolute Gasteiger partial charge is 0.407 e. The van der Waals surface area contributed by atoms with Crippen molar-refractivity contribution in [3.63, 3.8) is 0 Å². The number of carbonyl (C=O) groups is 4. The Morgan fingerprint density at radius 3 is 1.60 bits per heavy atom. The van der Waals surface area contributed by atoms with E-state index in [1.165, 1.54) is 20.3 Å². The Morgan fingerprint density at radius 2 is 1.13 bits per heavy atom. The molecule has 2 aromatic carbocycles. The summed E-state index contributed by atoms with van der Waals surface area (Å²) < 4.78 is 25.1. The molecule has 0 radical (unpaired) electrons. The number of ether oxygens (including phenoxy) is 2. The van der Waals surface area contributed by atoms with E-state index in [1.54, 1.807) is 56.0 Å². The lowest BCUT2D eigenvalue weighted by molar-refractivity contribution is -0.140. The zero-order valence-corrected chi connectivity index (χ0v) is 32.5. The minimum Gasteiger partial charge on any atom is -0.453 e. The van der Waals surface area contributed by atoms with Gasteiger partial charge in [-0.1, -0.05) is 30.3 Å². The minimum atomic E-state index is -1.21. The fourth-order valence-electron chi connectivity index (χ4n) is 7.60. The van der Waals surface area contributed by atoms with Gasteiger partial charge in [0.1, 0.15) is 28.5 Å². The summed E-state index contributed by atoms with van der Waals surface area (Å²) in [5.74, 6) is 0.285. The first-order chi connectivity index (χ1) is 26.0. The fourth-order valence-corrected chi connectivity index (χ4v) is 7.60. The van der Waals surface area contributed by atoms with Crippen molar-refractivity contribution in [1.82, 2.24) is 40.4 Å². The van der Waals surface area contributed by atoms with Crippen LogP contribution in [-0.2, 0) is 19.1 Å². The number of aromatic amines is 2. The van der Waals surface area contributed by atoms with Crippen LogP contribution >= 0.6 is 0 Å². The number of imidazole rings is 2. The highest BCUT2D eigenvalue weighted by molar-refractivity contribution is 5.90. The first-order valence-electron chi connectivity index (χ1n) is 18.4. The molecule has 2 saturated heterocycles. The SMILES string of the molecule is COC(=O)NC(C)(C)C(=O)N1[C@H](C)CC[C@@H]1c1ncc(-c2ccc(-c3ccc(-c4cnc([C@H]5CC[C@@H](C)N5C(=O)C(C)(C)NC(=O)OC)[nH]4)c(F)c3)cc2)[nH]1. The number of benzene rings is 2. The average molecular weight is 757 g/mol. The Balaban J connectivity index is 1.15. The van der Waals surface area contributed by atoms with Crippen LogP contribution in [0.4, 0.5) is 14.0 Å². The summed E-state index contributed by atoms with van der Waals surface area (Å²) >= 11 is 0. The number of methoxy groups -OCH3 is 2. The predicted octanol–water partition coefficient (Wildman–Crippen LogP) is 6.65. The molecule has 4 amide bonds. The van der Waals surface area contributed by atoms with E-state index in [0.29, 0.717) is 34.9 Å². The van der Waals surface area contributed by atoms with Crippen molar-refractivity contribution in [3.8, 4) is 33.6 Å². The molecule has 0 saturated carbocycles. The number of H-pyrrole nitrogens is 2.